The van der Waals surface area contributed by atoms with Crippen molar-refractivity contribution in [1.82, 2.24) is 0 Å². The molecular formula is C20H22O3. The van der Waals surface area contributed by atoms with E-state index in [1.165, 1.54) is 0 Å². The molecule has 120 valence electrons. The van der Waals surface area contributed by atoms with Crippen molar-refractivity contribution in [2.45, 2.75) is 19.8 Å². The summed E-state index contributed by atoms with van der Waals surface area (Å²) < 4.78 is 10.8. The van der Waals surface area contributed by atoms with Crippen LogP contribution in [-0.4, -0.2) is 20.0 Å². The summed E-state index contributed by atoms with van der Waals surface area (Å²) in [6, 6.07) is 13.4. The lowest BCUT2D eigenvalue weighted by atomic mass is 10.0. The van der Waals surface area contributed by atoms with Gasteiger partial charge in [0.2, 0.25) is 0 Å². The lowest BCUT2D eigenvalue weighted by molar-refractivity contribution is 0.104. The first-order valence-electron chi connectivity index (χ1n) is 7.72. The molecule has 0 aliphatic carbocycles. The van der Waals surface area contributed by atoms with E-state index in [9.17, 15) is 4.79 Å². The maximum absolute atomic E-state index is 12.5. The zero-order valence-corrected chi connectivity index (χ0v) is 13.8. The molecule has 0 saturated heterocycles. The van der Waals surface area contributed by atoms with E-state index in [0.717, 1.165) is 29.7 Å². The zero-order valence-electron chi connectivity index (χ0n) is 13.8. The molecule has 3 heteroatoms. The Kier molecular flexibility index (Phi) is 5.98. The number of hydrogen-bond acceptors (Lipinski definition) is 3. The first-order valence-corrected chi connectivity index (χ1v) is 7.72. The number of rotatable bonds is 7. The molecule has 0 amide bonds. The number of carbonyl (C=O) groups excluding carboxylic acids is 1. The normalized spacial score (nSPS) is 10.7. The number of allylic oxidation sites excluding steroid dienone is 1. The molecule has 3 nitrogen and oxygen atoms in total. The third-order valence-corrected chi connectivity index (χ3v) is 3.61. The van der Waals surface area contributed by atoms with Crippen molar-refractivity contribution in [3.05, 3.63) is 65.2 Å². The Hall–Kier alpha value is -2.55. The Morgan fingerprint density at radius 3 is 2.35 bits per heavy atom. The molecule has 0 aromatic heterocycles. The van der Waals surface area contributed by atoms with Crippen molar-refractivity contribution in [2.24, 2.45) is 0 Å². The van der Waals surface area contributed by atoms with Gasteiger partial charge in [0, 0.05) is 6.07 Å². The fraction of sp³-hybridized carbons (Fsp3) is 0.250. The summed E-state index contributed by atoms with van der Waals surface area (Å²) in [5, 5.41) is 0. The predicted octanol–water partition coefficient (Wildman–Crippen LogP) is 4.55. The number of methoxy groups -OCH3 is 2. The van der Waals surface area contributed by atoms with Gasteiger partial charge in [-0.15, -0.1) is 0 Å². The Labute approximate surface area is 137 Å². The highest BCUT2D eigenvalue weighted by Gasteiger charge is 2.15. The van der Waals surface area contributed by atoms with Crippen LogP contribution in [0.15, 0.2) is 48.5 Å². The van der Waals surface area contributed by atoms with Crippen LogP contribution in [0.3, 0.4) is 0 Å². The van der Waals surface area contributed by atoms with E-state index in [-0.39, 0.29) is 5.78 Å². The molecule has 23 heavy (non-hydrogen) atoms. The van der Waals surface area contributed by atoms with E-state index in [2.05, 4.69) is 6.92 Å². The molecule has 0 bridgehead atoms. The van der Waals surface area contributed by atoms with Crippen LogP contribution in [0.25, 0.3) is 6.08 Å². The van der Waals surface area contributed by atoms with Gasteiger partial charge in [0.1, 0.15) is 11.5 Å². The molecule has 0 saturated carbocycles. The van der Waals surface area contributed by atoms with Gasteiger partial charge in [0.05, 0.1) is 19.8 Å². The molecule has 0 unspecified atom stereocenters. The van der Waals surface area contributed by atoms with Gasteiger partial charge in [-0.3, -0.25) is 4.79 Å². The van der Waals surface area contributed by atoms with Crippen molar-refractivity contribution in [1.29, 1.82) is 0 Å². The first-order chi connectivity index (χ1) is 11.2. The van der Waals surface area contributed by atoms with Crippen LogP contribution in [0.4, 0.5) is 0 Å². The number of ketones is 1. The van der Waals surface area contributed by atoms with Crippen molar-refractivity contribution in [2.75, 3.05) is 14.2 Å². The van der Waals surface area contributed by atoms with Crippen LogP contribution in [0.5, 0.6) is 11.5 Å². The van der Waals surface area contributed by atoms with Crippen LogP contribution in [0.1, 0.15) is 34.8 Å². The topological polar surface area (TPSA) is 35.5 Å². The number of hydrogen-bond donors (Lipinski definition) is 0. The van der Waals surface area contributed by atoms with Gasteiger partial charge < -0.3 is 9.47 Å². The molecule has 0 heterocycles. The molecular weight excluding hydrogens is 288 g/mol. The smallest absolute Gasteiger partial charge is 0.189 e. The average molecular weight is 310 g/mol. The summed E-state index contributed by atoms with van der Waals surface area (Å²) in [7, 11) is 3.19. The van der Waals surface area contributed by atoms with E-state index in [1.54, 1.807) is 26.4 Å². The fourth-order valence-corrected chi connectivity index (χ4v) is 2.45. The Balaban J connectivity index is 2.34. The van der Waals surface area contributed by atoms with Gasteiger partial charge in [0.15, 0.2) is 5.78 Å². The van der Waals surface area contributed by atoms with E-state index in [0.29, 0.717) is 11.3 Å². The Bertz CT molecular complexity index is 688. The minimum Gasteiger partial charge on any atom is -0.496 e. The van der Waals surface area contributed by atoms with Crippen LogP contribution in [-0.2, 0) is 6.42 Å². The highest BCUT2D eigenvalue weighted by atomic mass is 16.5. The summed E-state index contributed by atoms with van der Waals surface area (Å²) in [5.74, 6) is 1.21. The predicted molar refractivity (Wildman–Crippen MR) is 93.3 cm³/mol. The molecule has 0 N–H and O–H groups in total. The summed E-state index contributed by atoms with van der Waals surface area (Å²) in [5.41, 5.74) is 2.57. The van der Waals surface area contributed by atoms with Gasteiger partial charge in [-0.05, 0) is 29.7 Å². The molecule has 0 aliphatic rings. The van der Waals surface area contributed by atoms with E-state index in [4.69, 9.17) is 9.47 Å². The summed E-state index contributed by atoms with van der Waals surface area (Å²) in [6.45, 7) is 2.10. The number of carbonyl (C=O) groups is 1. The number of ether oxygens (including phenoxy) is 2. The van der Waals surface area contributed by atoms with Crippen LogP contribution < -0.4 is 9.47 Å². The second-order valence-corrected chi connectivity index (χ2v) is 5.22. The highest BCUT2D eigenvalue weighted by Crippen LogP contribution is 2.30. The van der Waals surface area contributed by atoms with E-state index in [1.807, 2.05) is 42.5 Å². The molecule has 0 fully saturated rings. The molecule has 0 radical (unpaired) electrons. The fourth-order valence-electron chi connectivity index (χ4n) is 2.45. The molecule has 2 rings (SSSR count). The lowest BCUT2D eigenvalue weighted by Crippen LogP contribution is -2.03. The van der Waals surface area contributed by atoms with Crippen molar-refractivity contribution in [3.63, 3.8) is 0 Å². The maximum Gasteiger partial charge on any atom is 0.189 e. The number of aryl methyl sites for hydroxylation is 1. The van der Waals surface area contributed by atoms with Crippen LogP contribution in [0, 0.1) is 0 Å². The Morgan fingerprint density at radius 1 is 1.04 bits per heavy atom. The lowest BCUT2D eigenvalue weighted by Gasteiger charge is -2.13. The summed E-state index contributed by atoms with van der Waals surface area (Å²) >= 11 is 0. The van der Waals surface area contributed by atoms with Crippen LogP contribution in [0.2, 0.25) is 0 Å². The summed E-state index contributed by atoms with van der Waals surface area (Å²) in [4.78, 5) is 12.5. The minimum absolute atomic E-state index is 0.0780. The zero-order chi connectivity index (χ0) is 16.7. The standard InChI is InChI=1S/C20H22O3/c1-4-8-16-13-17(20(23-3)14-19(16)22-2)18(21)12-11-15-9-6-5-7-10-15/h5-7,9-14H,4,8H2,1-3H3/b12-11+. The van der Waals surface area contributed by atoms with Gasteiger partial charge in [0.25, 0.3) is 0 Å². The molecule has 2 aromatic carbocycles. The first kappa shape index (κ1) is 16.8. The van der Waals surface area contributed by atoms with Crippen molar-refractivity contribution in [3.8, 4) is 11.5 Å². The average Bonchev–Trinajstić information content (AvgIpc) is 2.60. The minimum atomic E-state index is -0.0780. The van der Waals surface area contributed by atoms with Gasteiger partial charge in [-0.25, -0.2) is 0 Å². The molecule has 0 aliphatic heterocycles. The third-order valence-electron chi connectivity index (χ3n) is 3.61. The SMILES string of the molecule is CCCc1cc(C(=O)/C=C/c2ccccc2)c(OC)cc1OC. The quantitative estimate of drug-likeness (QED) is 0.556. The molecule has 2 aromatic rings. The van der Waals surface area contributed by atoms with Crippen LogP contribution >= 0.6 is 0 Å². The van der Waals surface area contributed by atoms with Crippen molar-refractivity contribution < 1.29 is 14.3 Å². The number of benzene rings is 2. The van der Waals surface area contributed by atoms with Crippen molar-refractivity contribution >= 4 is 11.9 Å². The monoisotopic (exact) mass is 310 g/mol. The molecule has 0 atom stereocenters. The van der Waals surface area contributed by atoms with Gasteiger partial charge >= 0.3 is 0 Å². The van der Waals surface area contributed by atoms with Gasteiger partial charge in [-0.2, -0.15) is 0 Å². The molecule has 0 spiro atoms. The maximum atomic E-state index is 12.5. The van der Waals surface area contributed by atoms with E-state index < -0.39 is 0 Å². The highest BCUT2D eigenvalue weighted by molar-refractivity contribution is 6.09. The second kappa shape index (κ2) is 8.18. The van der Waals surface area contributed by atoms with E-state index >= 15 is 0 Å². The second-order valence-electron chi connectivity index (χ2n) is 5.22. The van der Waals surface area contributed by atoms with Gasteiger partial charge in [-0.1, -0.05) is 49.8 Å². The Morgan fingerprint density at radius 2 is 1.74 bits per heavy atom. The summed E-state index contributed by atoms with van der Waals surface area (Å²) in [6.07, 6.45) is 5.23. The largest absolute Gasteiger partial charge is 0.496 e. The third kappa shape index (κ3) is 4.22.